The van der Waals surface area contributed by atoms with E-state index in [9.17, 15) is 14.4 Å². The lowest BCUT2D eigenvalue weighted by Crippen LogP contribution is -2.46. The second-order valence-electron chi connectivity index (χ2n) is 14.8. The van der Waals surface area contributed by atoms with Crippen molar-refractivity contribution in [3.8, 4) is 18.2 Å². The number of hydrogen-bond acceptors (Lipinski definition) is 9. The lowest BCUT2D eigenvalue weighted by molar-refractivity contribution is -0.133. The molecule has 1 aromatic rings. The van der Waals surface area contributed by atoms with Crippen LogP contribution in [-0.2, 0) is 14.4 Å². The summed E-state index contributed by atoms with van der Waals surface area (Å²) in [5, 5.41) is 37.0. The average molecular weight is 698 g/mol. The van der Waals surface area contributed by atoms with Crippen LogP contribution in [0.25, 0.3) is 0 Å². The third-order valence-electron chi connectivity index (χ3n) is 11.4. The van der Waals surface area contributed by atoms with Crippen LogP contribution >= 0.6 is 0 Å². The number of hydrogen-bond donors (Lipinski definition) is 3. The van der Waals surface area contributed by atoms with Crippen molar-refractivity contribution in [3.63, 3.8) is 0 Å². The normalized spacial score (nSPS) is 32.6. The molecule has 0 saturated carbocycles. The summed E-state index contributed by atoms with van der Waals surface area (Å²) in [5.41, 5.74) is 1.24. The van der Waals surface area contributed by atoms with E-state index >= 15 is 0 Å². The molecule has 6 heterocycles. The number of rotatable bonds is 5. The summed E-state index contributed by atoms with van der Waals surface area (Å²) in [4.78, 5) is 42.0. The molecule has 7 rings (SSSR count). The summed E-state index contributed by atoms with van der Waals surface area (Å²) < 4.78 is 0. The fourth-order valence-electron chi connectivity index (χ4n) is 8.44. The number of likely N-dealkylation sites (tertiary alicyclic amines) is 3. The highest BCUT2D eigenvalue weighted by Gasteiger charge is 2.38. The van der Waals surface area contributed by atoms with Crippen LogP contribution in [0, 0.1) is 34.0 Å². The average Bonchev–Trinajstić information content (AvgIpc) is 4.02. The van der Waals surface area contributed by atoms with Crippen LogP contribution in [0.5, 0.6) is 0 Å². The van der Waals surface area contributed by atoms with Crippen LogP contribution < -0.4 is 16.0 Å². The quantitative estimate of drug-likeness (QED) is 0.416. The van der Waals surface area contributed by atoms with E-state index in [0.29, 0.717) is 12.1 Å². The van der Waals surface area contributed by atoms with E-state index < -0.39 is 0 Å². The van der Waals surface area contributed by atoms with Gasteiger partial charge in [0.25, 0.3) is 0 Å². The molecular formula is C39H55N9O3. The van der Waals surface area contributed by atoms with E-state index in [2.05, 4.69) is 60.1 Å². The first kappa shape index (κ1) is 38.2. The fraction of sp³-hybridized carbons (Fsp3) is 0.692. The minimum atomic E-state index is -0.222. The van der Waals surface area contributed by atoms with Crippen LogP contribution in [0.3, 0.4) is 0 Å². The Kier molecular flexibility index (Phi) is 13.8. The van der Waals surface area contributed by atoms with Gasteiger partial charge in [0.15, 0.2) is 0 Å². The predicted octanol–water partition coefficient (Wildman–Crippen LogP) is 3.67. The molecule has 9 atom stereocenters. The first-order valence-electron chi connectivity index (χ1n) is 19.2. The van der Waals surface area contributed by atoms with Crippen LogP contribution in [0.4, 0.5) is 0 Å². The molecule has 6 saturated heterocycles. The fourth-order valence-corrected chi connectivity index (χ4v) is 8.44. The Balaban J connectivity index is 0.000000150. The molecule has 0 radical (unpaired) electrons. The van der Waals surface area contributed by atoms with Crippen LogP contribution in [-0.4, -0.2) is 100 Å². The summed E-state index contributed by atoms with van der Waals surface area (Å²) in [6.07, 6.45) is 12.2. The zero-order chi connectivity index (χ0) is 36.3. The van der Waals surface area contributed by atoms with E-state index in [1.165, 1.54) is 5.56 Å². The molecule has 6 aliphatic rings. The molecule has 3 amide bonds. The van der Waals surface area contributed by atoms with E-state index in [0.717, 1.165) is 103 Å². The number of carbonyl (C=O) groups excluding carboxylic acids is 3. The second kappa shape index (κ2) is 18.5. The Bertz CT molecular complexity index is 1470. The molecule has 0 aliphatic carbocycles. The number of nitrogens with one attached hydrogen (secondary N) is 3. The van der Waals surface area contributed by atoms with Gasteiger partial charge in [-0.25, -0.2) is 0 Å². The second-order valence-corrected chi connectivity index (χ2v) is 14.8. The van der Waals surface area contributed by atoms with Crippen molar-refractivity contribution in [2.75, 3.05) is 19.6 Å². The predicted molar refractivity (Wildman–Crippen MR) is 192 cm³/mol. The molecule has 6 fully saturated rings. The van der Waals surface area contributed by atoms with Gasteiger partial charge in [0.1, 0.15) is 18.1 Å². The summed E-state index contributed by atoms with van der Waals surface area (Å²) in [6, 6.07) is 17.3. The lowest BCUT2D eigenvalue weighted by Gasteiger charge is -2.24. The van der Waals surface area contributed by atoms with E-state index in [1.807, 2.05) is 18.2 Å². The summed E-state index contributed by atoms with van der Waals surface area (Å²) in [5.74, 6) is 0.371. The Labute approximate surface area is 303 Å². The van der Waals surface area contributed by atoms with Gasteiger partial charge in [-0.05, 0) is 96.0 Å². The minimum absolute atomic E-state index is 0.0427. The summed E-state index contributed by atoms with van der Waals surface area (Å²) in [6.45, 7) is 6.47. The van der Waals surface area contributed by atoms with Crippen molar-refractivity contribution in [2.24, 2.45) is 0 Å². The van der Waals surface area contributed by atoms with Crippen LogP contribution in [0.1, 0.15) is 109 Å². The molecule has 1 aromatic carbocycles. The van der Waals surface area contributed by atoms with Gasteiger partial charge in [-0.2, -0.15) is 15.8 Å². The Hall–Kier alpha value is -4.02. The standard InChI is InChI=1S/C16H19N3O.C12H19N3O.C11H17N3O/c17-11-13-7-4-10-19(13)16(20)15-9-8-14(18-15)12-5-2-1-3-6-12;1-2-9-5-6-11(14-9)12(16)15-7-3-4-10(15)8-13;1-8-4-5-10(13-8)11(15)14-6-2-3-9(14)7-12/h1-3,5-6,13-15,18H,4,7-10H2;9-11,14H,2-7H2,1H3;8-10,13H,2-6H2,1H3/t13-,14+,15-;9-,10-,11-;8-,9-,10-/m000/s1. The molecule has 0 spiro atoms. The minimum Gasteiger partial charge on any atom is -0.325 e. The molecule has 0 bridgehead atoms. The summed E-state index contributed by atoms with van der Waals surface area (Å²) >= 11 is 0. The van der Waals surface area contributed by atoms with E-state index in [-0.39, 0.29) is 60.0 Å². The van der Waals surface area contributed by atoms with Crippen molar-refractivity contribution < 1.29 is 14.4 Å². The summed E-state index contributed by atoms with van der Waals surface area (Å²) in [7, 11) is 0. The highest BCUT2D eigenvalue weighted by Crippen LogP contribution is 2.29. The van der Waals surface area contributed by atoms with Crippen molar-refractivity contribution in [2.45, 2.75) is 152 Å². The SMILES string of the molecule is CC[C@H]1CC[C@@H](C(=O)N2CCC[C@H]2C#N)N1.C[C@H]1CC[C@@H](C(=O)N2CCC[C@H]2C#N)N1.N#C[C@@H]1CCCN1C(=O)[C@@H]1CC[C@H](c2ccccc2)N1. The zero-order valence-corrected chi connectivity index (χ0v) is 30.3. The van der Waals surface area contributed by atoms with Crippen molar-refractivity contribution >= 4 is 17.7 Å². The van der Waals surface area contributed by atoms with Crippen LogP contribution in [0.15, 0.2) is 30.3 Å². The first-order valence-corrected chi connectivity index (χ1v) is 19.2. The first-order chi connectivity index (χ1) is 24.8. The third kappa shape index (κ3) is 9.46. The molecule has 12 heteroatoms. The van der Waals surface area contributed by atoms with Crippen molar-refractivity contribution in [1.82, 2.24) is 30.7 Å². The van der Waals surface area contributed by atoms with Gasteiger partial charge in [0.2, 0.25) is 17.7 Å². The monoisotopic (exact) mass is 697 g/mol. The highest BCUT2D eigenvalue weighted by atomic mass is 16.2. The molecular weight excluding hydrogens is 642 g/mol. The van der Waals surface area contributed by atoms with Crippen molar-refractivity contribution in [1.29, 1.82) is 15.8 Å². The Morgan fingerprint density at radius 3 is 1.51 bits per heavy atom. The lowest BCUT2D eigenvalue weighted by atomic mass is 10.1. The maximum Gasteiger partial charge on any atom is 0.240 e. The molecule has 0 unspecified atom stereocenters. The molecule has 12 nitrogen and oxygen atoms in total. The van der Waals surface area contributed by atoms with Gasteiger partial charge in [-0.15, -0.1) is 0 Å². The van der Waals surface area contributed by atoms with Crippen LogP contribution in [0.2, 0.25) is 0 Å². The van der Waals surface area contributed by atoms with Gasteiger partial charge in [0, 0.05) is 37.8 Å². The topological polar surface area (TPSA) is 168 Å². The maximum absolute atomic E-state index is 12.5. The Morgan fingerprint density at radius 1 is 0.627 bits per heavy atom. The smallest absolute Gasteiger partial charge is 0.240 e. The van der Waals surface area contributed by atoms with Gasteiger partial charge in [0.05, 0.1) is 36.3 Å². The number of carbonyl (C=O) groups is 3. The number of amides is 3. The molecule has 3 N–H and O–H groups in total. The molecule has 6 aliphatic heterocycles. The van der Waals surface area contributed by atoms with Gasteiger partial charge >= 0.3 is 0 Å². The van der Waals surface area contributed by atoms with Crippen molar-refractivity contribution in [3.05, 3.63) is 35.9 Å². The largest absolute Gasteiger partial charge is 0.325 e. The molecule has 51 heavy (non-hydrogen) atoms. The number of nitriles is 3. The van der Waals surface area contributed by atoms with E-state index in [1.54, 1.807) is 14.7 Å². The number of nitrogens with zero attached hydrogens (tertiary/aromatic N) is 6. The molecule has 274 valence electrons. The van der Waals surface area contributed by atoms with Gasteiger partial charge in [-0.1, -0.05) is 37.3 Å². The third-order valence-corrected chi connectivity index (χ3v) is 11.4. The maximum atomic E-state index is 12.5. The van der Waals surface area contributed by atoms with Gasteiger partial charge in [-0.3, -0.25) is 19.7 Å². The van der Waals surface area contributed by atoms with E-state index in [4.69, 9.17) is 15.8 Å². The molecule has 0 aromatic heterocycles. The Morgan fingerprint density at radius 2 is 1.08 bits per heavy atom. The number of benzene rings is 1. The highest BCUT2D eigenvalue weighted by molar-refractivity contribution is 5.84. The van der Waals surface area contributed by atoms with Gasteiger partial charge < -0.3 is 25.3 Å². The zero-order valence-electron chi connectivity index (χ0n) is 30.3.